The maximum atomic E-state index is 13.3. The van der Waals surface area contributed by atoms with Gasteiger partial charge in [0.05, 0.1) is 16.7 Å². The maximum absolute atomic E-state index is 13.3. The number of piperazine rings is 1. The van der Waals surface area contributed by atoms with Crippen molar-refractivity contribution in [2.24, 2.45) is 7.05 Å². The first-order chi connectivity index (χ1) is 20.0. The van der Waals surface area contributed by atoms with Gasteiger partial charge in [-0.25, -0.2) is 9.59 Å². The van der Waals surface area contributed by atoms with Crippen molar-refractivity contribution in [3.8, 4) is 0 Å². The van der Waals surface area contributed by atoms with E-state index in [-0.39, 0.29) is 24.1 Å². The third kappa shape index (κ3) is 5.42. The highest BCUT2D eigenvalue weighted by molar-refractivity contribution is 6.00. The van der Waals surface area contributed by atoms with Crippen molar-refractivity contribution < 1.29 is 19.1 Å². The number of aryl methyl sites for hydroxylation is 1. The lowest BCUT2D eigenvalue weighted by Gasteiger charge is -2.52. The second-order valence-corrected chi connectivity index (χ2v) is 13.2. The SMILES string of the molecule is Cn1c(=O)n(C2CCC(=O)NC2=O)c2cccc(N3CCN(C4CN(C5CCN(C(=O)OC(C)(C)C)CC5)C4)CC3)c21. The van der Waals surface area contributed by atoms with Crippen LogP contribution < -0.4 is 15.9 Å². The van der Waals surface area contributed by atoms with Gasteiger partial charge in [-0.2, -0.15) is 0 Å². The van der Waals surface area contributed by atoms with Crippen LogP contribution in [-0.2, 0) is 21.4 Å². The minimum atomic E-state index is -0.683. The van der Waals surface area contributed by atoms with E-state index in [1.807, 2.05) is 37.8 Å². The summed E-state index contributed by atoms with van der Waals surface area (Å²) in [4.78, 5) is 59.3. The number of para-hydroxylation sites is 1. The van der Waals surface area contributed by atoms with E-state index in [9.17, 15) is 19.2 Å². The van der Waals surface area contributed by atoms with Crippen LogP contribution in [0.2, 0.25) is 0 Å². The first-order valence-electron chi connectivity index (χ1n) is 15.2. The molecule has 228 valence electrons. The lowest BCUT2D eigenvalue weighted by molar-refractivity contribution is -0.135. The molecule has 0 spiro atoms. The number of ether oxygens (including phenoxy) is 1. The van der Waals surface area contributed by atoms with Gasteiger partial charge in [0, 0.05) is 77.9 Å². The Morgan fingerprint density at radius 3 is 2.24 bits per heavy atom. The number of imidazole rings is 1. The third-order valence-corrected chi connectivity index (χ3v) is 9.30. The zero-order valence-corrected chi connectivity index (χ0v) is 25.2. The first-order valence-corrected chi connectivity index (χ1v) is 15.2. The van der Waals surface area contributed by atoms with Crippen LogP contribution in [0.3, 0.4) is 0 Å². The number of hydrogen-bond donors (Lipinski definition) is 1. The molecule has 12 nitrogen and oxygen atoms in total. The Morgan fingerprint density at radius 1 is 0.905 bits per heavy atom. The molecule has 2 aromatic rings. The molecule has 1 N–H and O–H groups in total. The summed E-state index contributed by atoms with van der Waals surface area (Å²) in [6.07, 6.45) is 2.32. The average Bonchev–Trinajstić information content (AvgIpc) is 3.17. The predicted molar refractivity (Wildman–Crippen MR) is 159 cm³/mol. The Balaban J connectivity index is 1.04. The molecule has 6 rings (SSSR count). The molecular formula is C30H43N7O5. The van der Waals surface area contributed by atoms with Gasteiger partial charge in [0.15, 0.2) is 0 Å². The molecule has 4 saturated heterocycles. The number of nitrogens with zero attached hydrogens (tertiary/aromatic N) is 6. The quantitative estimate of drug-likeness (QED) is 0.541. The van der Waals surface area contributed by atoms with E-state index in [4.69, 9.17) is 4.74 Å². The van der Waals surface area contributed by atoms with Crippen molar-refractivity contribution in [2.45, 2.75) is 70.2 Å². The molecule has 0 bridgehead atoms. The van der Waals surface area contributed by atoms with Gasteiger partial charge in [0.2, 0.25) is 11.8 Å². The number of anilines is 1. The van der Waals surface area contributed by atoms with Crippen molar-refractivity contribution in [1.82, 2.24) is 29.2 Å². The smallest absolute Gasteiger partial charge is 0.410 e. The summed E-state index contributed by atoms with van der Waals surface area (Å²) >= 11 is 0. The third-order valence-electron chi connectivity index (χ3n) is 9.30. The van der Waals surface area contributed by atoms with Gasteiger partial charge in [0.1, 0.15) is 11.6 Å². The first kappa shape index (κ1) is 28.7. The van der Waals surface area contributed by atoms with Gasteiger partial charge in [0.25, 0.3) is 0 Å². The summed E-state index contributed by atoms with van der Waals surface area (Å²) in [6.45, 7) is 13.0. The molecule has 1 aromatic heterocycles. The number of rotatable bonds is 4. The molecule has 3 amide bonds. The average molecular weight is 582 g/mol. The molecule has 0 radical (unpaired) electrons. The fourth-order valence-electron chi connectivity index (χ4n) is 6.99. The number of hydrogen-bond acceptors (Lipinski definition) is 8. The highest BCUT2D eigenvalue weighted by atomic mass is 16.6. The van der Waals surface area contributed by atoms with Crippen molar-refractivity contribution in [2.75, 3.05) is 57.3 Å². The Labute approximate surface area is 246 Å². The van der Waals surface area contributed by atoms with Crippen molar-refractivity contribution >= 4 is 34.6 Å². The topological polar surface area (TPSA) is 112 Å². The Kier molecular flexibility index (Phi) is 7.55. The van der Waals surface area contributed by atoms with Crippen LogP contribution in [0.4, 0.5) is 10.5 Å². The number of nitrogens with one attached hydrogen (secondary N) is 1. The Bertz CT molecular complexity index is 1420. The number of likely N-dealkylation sites (tertiary alicyclic amines) is 2. The Hall–Kier alpha value is -3.38. The monoisotopic (exact) mass is 581 g/mol. The highest BCUT2D eigenvalue weighted by Crippen LogP contribution is 2.31. The maximum Gasteiger partial charge on any atom is 0.410 e. The number of fused-ring (bicyclic) bond motifs is 1. The van der Waals surface area contributed by atoms with Gasteiger partial charge in [-0.15, -0.1) is 0 Å². The van der Waals surface area contributed by atoms with Crippen LogP contribution in [-0.4, -0.2) is 112 Å². The van der Waals surface area contributed by atoms with Gasteiger partial charge in [-0.05, 0) is 52.2 Å². The zero-order valence-electron chi connectivity index (χ0n) is 25.2. The van der Waals surface area contributed by atoms with Crippen molar-refractivity contribution in [3.05, 3.63) is 28.7 Å². The molecule has 0 saturated carbocycles. The van der Waals surface area contributed by atoms with Gasteiger partial charge >= 0.3 is 11.8 Å². The summed E-state index contributed by atoms with van der Waals surface area (Å²) < 4.78 is 8.73. The molecule has 4 fully saturated rings. The second kappa shape index (κ2) is 11.0. The number of imide groups is 1. The molecule has 1 aromatic carbocycles. The minimum Gasteiger partial charge on any atom is -0.444 e. The van der Waals surface area contributed by atoms with Crippen LogP contribution in [0.15, 0.2) is 23.0 Å². The van der Waals surface area contributed by atoms with Gasteiger partial charge < -0.3 is 14.5 Å². The normalized spacial score (nSPS) is 23.8. The van der Waals surface area contributed by atoms with E-state index < -0.39 is 17.6 Å². The molecule has 12 heteroatoms. The van der Waals surface area contributed by atoms with E-state index in [0.29, 0.717) is 18.5 Å². The molecule has 4 aliphatic heterocycles. The molecule has 0 aliphatic carbocycles. The molecular weight excluding hydrogens is 538 g/mol. The van der Waals surface area contributed by atoms with Crippen LogP contribution in [0, 0.1) is 0 Å². The lowest BCUT2D eigenvalue weighted by Crippen LogP contribution is -2.66. The van der Waals surface area contributed by atoms with Crippen molar-refractivity contribution in [3.63, 3.8) is 0 Å². The van der Waals surface area contributed by atoms with E-state index in [1.54, 1.807) is 16.2 Å². The van der Waals surface area contributed by atoms with Gasteiger partial charge in [-0.1, -0.05) is 6.07 Å². The van der Waals surface area contributed by atoms with Crippen LogP contribution in [0.25, 0.3) is 11.0 Å². The van der Waals surface area contributed by atoms with Crippen molar-refractivity contribution in [1.29, 1.82) is 0 Å². The predicted octanol–water partition coefficient (Wildman–Crippen LogP) is 1.52. The van der Waals surface area contributed by atoms with Crippen LogP contribution in [0.5, 0.6) is 0 Å². The molecule has 42 heavy (non-hydrogen) atoms. The minimum absolute atomic E-state index is 0.205. The standard InChI is InChI=1S/C30H43N7O5/c1-30(2,3)42-29(41)35-12-10-20(11-13-35)36-18-21(19-36)33-14-16-34(17-15-33)22-6-5-7-23-26(22)32(4)28(40)37(23)24-8-9-25(38)31-27(24)39/h5-7,20-21,24H,8-19H2,1-4H3,(H,31,38,39). The van der Waals surface area contributed by atoms with E-state index in [2.05, 4.69) is 26.1 Å². The van der Waals surface area contributed by atoms with Crippen LogP contribution >= 0.6 is 0 Å². The summed E-state index contributed by atoms with van der Waals surface area (Å²) in [5.74, 6) is -0.704. The largest absolute Gasteiger partial charge is 0.444 e. The summed E-state index contributed by atoms with van der Waals surface area (Å²) in [7, 11) is 1.76. The molecule has 5 heterocycles. The number of benzene rings is 1. The number of aromatic nitrogens is 2. The summed E-state index contributed by atoms with van der Waals surface area (Å²) in [6, 6.07) is 6.28. The number of amides is 3. The highest BCUT2D eigenvalue weighted by Gasteiger charge is 2.39. The fourth-order valence-corrected chi connectivity index (χ4v) is 6.99. The summed E-state index contributed by atoms with van der Waals surface area (Å²) in [5, 5.41) is 2.38. The van der Waals surface area contributed by atoms with E-state index in [1.165, 1.54) is 0 Å². The van der Waals surface area contributed by atoms with E-state index in [0.717, 1.165) is 81.9 Å². The number of carbonyl (C=O) groups excluding carboxylic acids is 3. The molecule has 1 unspecified atom stereocenters. The zero-order chi connectivity index (χ0) is 29.8. The number of piperidine rings is 2. The summed E-state index contributed by atoms with van der Waals surface area (Å²) in [5.41, 5.74) is 1.85. The molecule has 1 atom stereocenters. The Morgan fingerprint density at radius 2 is 1.60 bits per heavy atom. The molecule has 4 aliphatic rings. The van der Waals surface area contributed by atoms with Gasteiger partial charge in [-0.3, -0.25) is 33.8 Å². The van der Waals surface area contributed by atoms with E-state index >= 15 is 0 Å². The number of carbonyl (C=O) groups is 3. The fraction of sp³-hybridized carbons (Fsp3) is 0.667. The lowest BCUT2D eigenvalue weighted by atomic mass is 9.96. The second-order valence-electron chi connectivity index (χ2n) is 13.2. The van der Waals surface area contributed by atoms with Crippen LogP contribution in [0.1, 0.15) is 52.5 Å².